The molecule has 7 heteroatoms. The lowest BCUT2D eigenvalue weighted by atomic mass is 10.2. The van der Waals surface area contributed by atoms with Crippen LogP contribution in [0.1, 0.15) is 24.5 Å². The van der Waals surface area contributed by atoms with Crippen LogP contribution in [0.2, 0.25) is 0 Å². The zero-order chi connectivity index (χ0) is 12.0. The zero-order valence-electron chi connectivity index (χ0n) is 9.49. The van der Waals surface area contributed by atoms with Crippen molar-refractivity contribution in [1.82, 2.24) is 20.5 Å². The van der Waals surface area contributed by atoms with Crippen molar-refractivity contribution in [1.29, 1.82) is 0 Å². The summed E-state index contributed by atoms with van der Waals surface area (Å²) in [5.74, 6) is 0.324. The zero-order valence-corrected chi connectivity index (χ0v) is 9.49. The Balaban J connectivity index is 2.16. The number of nitrogen functional groups attached to an aromatic ring is 1. The first-order valence-corrected chi connectivity index (χ1v) is 5.13. The summed E-state index contributed by atoms with van der Waals surface area (Å²) in [6.07, 6.45) is 0. The number of aromatic nitrogens is 3. The average molecular weight is 227 g/mol. The normalized spacial score (nSPS) is 10.7. The number of rotatable bonds is 6. The van der Waals surface area contributed by atoms with Crippen LogP contribution in [0.25, 0.3) is 0 Å². The number of ether oxygens (including phenoxy) is 1. The summed E-state index contributed by atoms with van der Waals surface area (Å²) < 4.78 is 5.30. The summed E-state index contributed by atoms with van der Waals surface area (Å²) >= 11 is 0. The Bertz CT molecular complexity index is 336. The lowest BCUT2D eigenvalue weighted by Crippen LogP contribution is -2.28. The fourth-order valence-corrected chi connectivity index (χ4v) is 1.02. The third-order valence-electron chi connectivity index (χ3n) is 1.70. The van der Waals surface area contributed by atoms with Crippen LogP contribution >= 0.6 is 0 Å². The van der Waals surface area contributed by atoms with Gasteiger partial charge in [0.05, 0.1) is 6.61 Å². The molecule has 90 valence electrons. The Hall–Kier alpha value is -1.63. The molecule has 0 spiro atoms. The number of nitrogens with two attached hydrogens (primary N) is 1. The maximum absolute atomic E-state index is 11.4. The van der Waals surface area contributed by atoms with Crippen LogP contribution in [0.3, 0.4) is 0 Å². The molecule has 1 aromatic rings. The van der Waals surface area contributed by atoms with E-state index in [2.05, 4.69) is 34.3 Å². The standard InChI is InChI=1S/C9H17N5O2/c1-6(2)5-16-4-3-11-8(15)7-12-9(10)14-13-7/h6H,3-5H2,1-2H3,(H,11,15)(H3,10,12,13,14). The van der Waals surface area contributed by atoms with Gasteiger partial charge in [-0.3, -0.25) is 9.89 Å². The van der Waals surface area contributed by atoms with Crippen molar-refractivity contribution in [2.24, 2.45) is 5.92 Å². The third-order valence-corrected chi connectivity index (χ3v) is 1.70. The van der Waals surface area contributed by atoms with Crippen LogP contribution < -0.4 is 11.1 Å². The Morgan fingerprint density at radius 2 is 2.38 bits per heavy atom. The molecule has 0 aromatic carbocycles. The number of hydrogen-bond acceptors (Lipinski definition) is 5. The van der Waals surface area contributed by atoms with E-state index in [9.17, 15) is 4.79 Å². The molecule has 0 bridgehead atoms. The summed E-state index contributed by atoms with van der Waals surface area (Å²) in [7, 11) is 0. The Morgan fingerprint density at radius 3 is 2.94 bits per heavy atom. The molecular formula is C9H17N5O2. The van der Waals surface area contributed by atoms with Gasteiger partial charge in [-0.1, -0.05) is 13.8 Å². The number of aromatic amines is 1. The van der Waals surface area contributed by atoms with Crippen LogP contribution in [0.5, 0.6) is 0 Å². The van der Waals surface area contributed by atoms with Crippen molar-refractivity contribution in [2.75, 3.05) is 25.5 Å². The molecule has 1 heterocycles. The van der Waals surface area contributed by atoms with Gasteiger partial charge in [0.2, 0.25) is 11.8 Å². The second-order valence-electron chi connectivity index (χ2n) is 3.77. The summed E-state index contributed by atoms with van der Waals surface area (Å²) in [5, 5.41) is 8.61. The van der Waals surface area contributed by atoms with Gasteiger partial charge in [0.15, 0.2) is 0 Å². The molecule has 0 fully saturated rings. The van der Waals surface area contributed by atoms with E-state index in [0.717, 1.165) is 0 Å². The number of hydrogen-bond donors (Lipinski definition) is 3. The molecular weight excluding hydrogens is 210 g/mol. The van der Waals surface area contributed by atoms with E-state index in [-0.39, 0.29) is 17.7 Å². The van der Waals surface area contributed by atoms with E-state index in [4.69, 9.17) is 10.5 Å². The molecule has 0 aliphatic carbocycles. The van der Waals surface area contributed by atoms with E-state index in [1.807, 2.05) is 0 Å². The van der Waals surface area contributed by atoms with Gasteiger partial charge in [-0.25, -0.2) is 0 Å². The Kier molecular flexibility index (Phi) is 4.71. The smallest absolute Gasteiger partial charge is 0.288 e. The van der Waals surface area contributed by atoms with Gasteiger partial charge in [0.25, 0.3) is 5.91 Å². The number of H-pyrrole nitrogens is 1. The van der Waals surface area contributed by atoms with Gasteiger partial charge in [-0.05, 0) is 5.92 Å². The lowest BCUT2D eigenvalue weighted by molar-refractivity contribution is 0.0878. The topological polar surface area (TPSA) is 106 Å². The maximum atomic E-state index is 11.4. The SMILES string of the molecule is CC(C)COCCNC(=O)c1nc(N)n[nH]1. The predicted molar refractivity (Wildman–Crippen MR) is 58.8 cm³/mol. The molecule has 1 aromatic heterocycles. The summed E-state index contributed by atoms with van der Waals surface area (Å²) in [4.78, 5) is 15.1. The molecule has 0 saturated heterocycles. The molecule has 0 atom stereocenters. The Morgan fingerprint density at radius 1 is 1.62 bits per heavy atom. The maximum Gasteiger partial charge on any atom is 0.288 e. The van der Waals surface area contributed by atoms with Crippen molar-refractivity contribution >= 4 is 11.9 Å². The molecule has 1 amide bonds. The molecule has 16 heavy (non-hydrogen) atoms. The van der Waals surface area contributed by atoms with Gasteiger partial charge >= 0.3 is 0 Å². The van der Waals surface area contributed by atoms with Gasteiger partial charge in [-0.2, -0.15) is 4.98 Å². The number of carbonyl (C=O) groups excluding carboxylic acids is 1. The molecule has 4 N–H and O–H groups in total. The van der Waals surface area contributed by atoms with E-state index in [0.29, 0.717) is 25.7 Å². The van der Waals surface area contributed by atoms with E-state index < -0.39 is 0 Å². The molecule has 0 aliphatic heterocycles. The first-order valence-electron chi connectivity index (χ1n) is 5.13. The highest BCUT2D eigenvalue weighted by atomic mass is 16.5. The molecule has 0 saturated carbocycles. The van der Waals surface area contributed by atoms with Crippen LogP contribution in [0.4, 0.5) is 5.95 Å². The first kappa shape index (κ1) is 12.4. The van der Waals surface area contributed by atoms with Crippen LogP contribution in [-0.2, 0) is 4.74 Å². The fourth-order valence-electron chi connectivity index (χ4n) is 1.02. The van der Waals surface area contributed by atoms with Crippen LogP contribution in [0, 0.1) is 5.92 Å². The predicted octanol–water partition coefficient (Wildman–Crippen LogP) is -0.211. The molecule has 0 aliphatic rings. The molecule has 0 unspecified atom stereocenters. The Labute approximate surface area is 93.8 Å². The highest BCUT2D eigenvalue weighted by Crippen LogP contribution is 1.93. The van der Waals surface area contributed by atoms with Crippen LogP contribution in [-0.4, -0.2) is 40.8 Å². The van der Waals surface area contributed by atoms with Gasteiger partial charge < -0.3 is 15.8 Å². The van der Waals surface area contributed by atoms with Crippen molar-refractivity contribution < 1.29 is 9.53 Å². The van der Waals surface area contributed by atoms with E-state index in [1.165, 1.54) is 0 Å². The summed E-state index contributed by atoms with van der Waals surface area (Å²) in [5.41, 5.74) is 5.27. The fraction of sp³-hybridized carbons (Fsp3) is 0.667. The number of nitrogens with zero attached hydrogens (tertiary/aromatic N) is 2. The first-order chi connectivity index (χ1) is 7.59. The van der Waals surface area contributed by atoms with E-state index >= 15 is 0 Å². The quantitative estimate of drug-likeness (QED) is 0.583. The van der Waals surface area contributed by atoms with Crippen LogP contribution in [0.15, 0.2) is 0 Å². The minimum atomic E-state index is -0.336. The summed E-state index contributed by atoms with van der Waals surface area (Å²) in [6, 6.07) is 0. The minimum Gasteiger partial charge on any atom is -0.379 e. The largest absolute Gasteiger partial charge is 0.379 e. The minimum absolute atomic E-state index is 0.0567. The number of carbonyl (C=O) groups is 1. The third kappa shape index (κ3) is 4.26. The van der Waals surface area contributed by atoms with Gasteiger partial charge in [0.1, 0.15) is 0 Å². The lowest BCUT2D eigenvalue weighted by Gasteiger charge is -2.06. The average Bonchev–Trinajstić information content (AvgIpc) is 2.63. The van der Waals surface area contributed by atoms with Crippen molar-refractivity contribution in [3.63, 3.8) is 0 Å². The highest BCUT2D eigenvalue weighted by molar-refractivity contribution is 5.90. The monoisotopic (exact) mass is 227 g/mol. The number of amides is 1. The van der Waals surface area contributed by atoms with Crippen molar-refractivity contribution in [2.45, 2.75) is 13.8 Å². The van der Waals surface area contributed by atoms with Crippen molar-refractivity contribution in [3.05, 3.63) is 5.82 Å². The molecule has 0 radical (unpaired) electrons. The number of nitrogens with one attached hydrogen (secondary N) is 2. The molecule has 1 rings (SSSR count). The van der Waals surface area contributed by atoms with Gasteiger partial charge in [0, 0.05) is 13.2 Å². The van der Waals surface area contributed by atoms with Crippen molar-refractivity contribution in [3.8, 4) is 0 Å². The van der Waals surface area contributed by atoms with E-state index in [1.54, 1.807) is 0 Å². The highest BCUT2D eigenvalue weighted by Gasteiger charge is 2.09. The van der Waals surface area contributed by atoms with Gasteiger partial charge in [-0.15, -0.1) is 5.10 Å². The second kappa shape index (κ2) is 6.06. The second-order valence-corrected chi connectivity index (χ2v) is 3.77. The molecule has 7 nitrogen and oxygen atoms in total. The summed E-state index contributed by atoms with van der Waals surface area (Å²) in [6.45, 7) is 5.73. The number of anilines is 1.